The second kappa shape index (κ2) is 4.59. The fourth-order valence-corrected chi connectivity index (χ4v) is 2.58. The Labute approximate surface area is 115 Å². The SMILES string of the molecule is COc1ccc2c(c1)CC1=CC=C(F)C(O)(F)C1CO2. The van der Waals surface area contributed by atoms with Gasteiger partial charge in [-0.2, -0.15) is 0 Å². The Kier molecular flexibility index (Phi) is 3.01. The van der Waals surface area contributed by atoms with Crippen LogP contribution in [-0.4, -0.2) is 24.7 Å². The Balaban J connectivity index is 2.01. The Hall–Kier alpha value is -1.88. The van der Waals surface area contributed by atoms with Crippen LogP contribution in [0.25, 0.3) is 0 Å². The third-order valence-electron chi connectivity index (χ3n) is 3.76. The van der Waals surface area contributed by atoms with E-state index in [9.17, 15) is 13.9 Å². The number of aliphatic hydroxyl groups is 1. The van der Waals surface area contributed by atoms with E-state index in [4.69, 9.17) is 9.47 Å². The Morgan fingerprint density at radius 2 is 2.20 bits per heavy atom. The number of benzene rings is 1. The molecule has 2 atom stereocenters. The molecule has 3 rings (SSSR count). The molecular weight excluding hydrogens is 266 g/mol. The van der Waals surface area contributed by atoms with Gasteiger partial charge in [0.2, 0.25) is 0 Å². The maximum Gasteiger partial charge on any atom is 0.269 e. The number of hydrogen-bond acceptors (Lipinski definition) is 3. The average molecular weight is 280 g/mol. The Morgan fingerprint density at radius 3 is 2.95 bits per heavy atom. The van der Waals surface area contributed by atoms with Crippen molar-refractivity contribution >= 4 is 0 Å². The van der Waals surface area contributed by atoms with Crippen molar-refractivity contribution in [3.63, 3.8) is 0 Å². The normalized spacial score (nSPS) is 28.3. The molecule has 1 aromatic carbocycles. The van der Waals surface area contributed by atoms with Gasteiger partial charge in [0.25, 0.3) is 5.85 Å². The summed E-state index contributed by atoms with van der Waals surface area (Å²) in [6.07, 6.45) is 2.86. The van der Waals surface area contributed by atoms with Gasteiger partial charge in [-0.15, -0.1) is 0 Å². The lowest BCUT2D eigenvalue weighted by Crippen LogP contribution is -2.40. The van der Waals surface area contributed by atoms with Gasteiger partial charge in [-0.1, -0.05) is 11.6 Å². The number of ether oxygens (including phenoxy) is 2. The summed E-state index contributed by atoms with van der Waals surface area (Å²) >= 11 is 0. The number of rotatable bonds is 1. The number of halogens is 2. The first kappa shape index (κ1) is 13.1. The molecule has 1 aromatic rings. The van der Waals surface area contributed by atoms with Gasteiger partial charge in [0.1, 0.15) is 18.1 Å². The maximum absolute atomic E-state index is 14.1. The van der Waals surface area contributed by atoms with Crippen LogP contribution < -0.4 is 9.47 Å². The van der Waals surface area contributed by atoms with E-state index < -0.39 is 17.6 Å². The predicted molar refractivity (Wildman–Crippen MR) is 69.0 cm³/mol. The third-order valence-corrected chi connectivity index (χ3v) is 3.76. The first-order valence-electron chi connectivity index (χ1n) is 6.30. The van der Waals surface area contributed by atoms with Crippen molar-refractivity contribution in [3.05, 3.63) is 47.3 Å². The minimum atomic E-state index is -3.00. The summed E-state index contributed by atoms with van der Waals surface area (Å²) in [6, 6.07) is 5.26. The summed E-state index contributed by atoms with van der Waals surface area (Å²) in [7, 11) is 1.56. The number of fused-ring (bicyclic) bond motifs is 2. The summed E-state index contributed by atoms with van der Waals surface area (Å²) < 4.78 is 38.2. The number of hydrogen-bond donors (Lipinski definition) is 1. The molecule has 0 radical (unpaired) electrons. The summed E-state index contributed by atoms with van der Waals surface area (Å²) in [4.78, 5) is 0. The monoisotopic (exact) mass is 280 g/mol. The molecule has 0 aromatic heterocycles. The van der Waals surface area contributed by atoms with Crippen LogP contribution in [0.15, 0.2) is 41.8 Å². The van der Waals surface area contributed by atoms with Crippen molar-refractivity contribution in [1.29, 1.82) is 0 Å². The molecule has 0 saturated heterocycles. The lowest BCUT2D eigenvalue weighted by Gasteiger charge is -2.30. The molecule has 5 heteroatoms. The molecule has 1 aliphatic heterocycles. The molecule has 106 valence electrons. The molecule has 3 nitrogen and oxygen atoms in total. The van der Waals surface area contributed by atoms with Gasteiger partial charge in [-0.05, 0) is 30.7 Å². The van der Waals surface area contributed by atoms with Gasteiger partial charge in [0, 0.05) is 5.56 Å². The van der Waals surface area contributed by atoms with Gasteiger partial charge >= 0.3 is 0 Å². The zero-order chi connectivity index (χ0) is 14.3. The highest BCUT2D eigenvalue weighted by atomic mass is 19.2. The number of allylic oxidation sites excluding steroid dienone is 2. The lowest BCUT2D eigenvalue weighted by molar-refractivity contribution is -0.116. The average Bonchev–Trinajstić information content (AvgIpc) is 2.62. The van der Waals surface area contributed by atoms with Crippen LogP contribution in [0, 0.1) is 5.92 Å². The molecule has 0 amide bonds. The van der Waals surface area contributed by atoms with Crippen molar-refractivity contribution in [1.82, 2.24) is 0 Å². The predicted octanol–water partition coefficient (Wildman–Crippen LogP) is 2.70. The first-order valence-corrected chi connectivity index (χ1v) is 6.30. The van der Waals surface area contributed by atoms with Crippen LogP contribution in [0.3, 0.4) is 0 Å². The molecule has 20 heavy (non-hydrogen) atoms. The molecule has 1 N–H and O–H groups in total. The van der Waals surface area contributed by atoms with E-state index >= 15 is 0 Å². The van der Waals surface area contributed by atoms with Crippen molar-refractivity contribution < 1.29 is 23.4 Å². The fourth-order valence-electron chi connectivity index (χ4n) is 2.58. The molecule has 2 aliphatic rings. The number of methoxy groups -OCH3 is 1. The Morgan fingerprint density at radius 1 is 1.40 bits per heavy atom. The largest absolute Gasteiger partial charge is 0.497 e. The first-order chi connectivity index (χ1) is 9.52. The summed E-state index contributed by atoms with van der Waals surface area (Å²) in [6.45, 7) is -0.112. The van der Waals surface area contributed by atoms with E-state index in [1.165, 1.54) is 6.08 Å². The van der Waals surface area contributed by atoms with Crippen molar-refractivity contribution in [3.8, 4) is 11.5 Å². The van der Waals surface area contributed by atoms with Crippen molar-refractivity contribution in [2.75, 3.05) is 13.7 Å². The van der Waals surface area contributed by atoms with E-state index in [0.29, 0.717) is 23.5 Å². The van der Waals surface area contributed by atoms with E-state index in [-0.39, 0.29) is 6.61 Å². The highest BCUT2D eigenvalue weighted by molar-refractivity contribution is 5.45. The second-order valence-electron chi connectivity index (χ2n) is 4.94. The minimum absolute atomic E-state index is 0.112. The topological polar surface area (TPSA) is 38.7 Å². The van der Waals surface area contributed by atoms with Crippen LogP contribution in [-0.2, 0) is 6.42 Å². The Bertz CT molecular complexity index is 605. The minimum Gasteiger partial charge on any atom is -0.497 e. The van der Waals surface area contributed by atoms with E-state index in [2.05, 4.69) is 0 Å². The fraction of sp³-hybridized carbons (Fsp3) is 0.333. The third kappa shape index (κ3) is 1.98. The van der Waals surface area contributed by atoms with Gasteiger partial charge < -0.3 is 14.6 Å². The van der Waals surface area contributed by atoms with Crippen molar-refractivity contribution in [2.45, 2.75) is 12.3 Å². The smallest absolute Gasteiger partial charge is 0.269 e. The highest BCUT2D eigenvalue weighted by Crippen LogP contribution is 2.42. The number of alkyl halides is 1. The van der Waals surface area contributed by atoms with E-state index in [1.807, 2.05) is 0 Å². The lowest BCUT2D eigenvalue weighted by atomic mass is 9.84. The van der Waals surface area contributed by atoms with Crippen LogP contribution in [0.1, 0.15) is 5.56 Å². The molecule has 2 unspecified atom stereocenters. The van der Waals surface area contributed by atoms with Gasteiger partial charge in [-0.25, -0.2) is 8.78 Å². The van der Waals surface area contributed by atoms with Gasteiger partial charge in [0.15, 0.2) is 5.83 Å². The molecule has 0 bridgehead atoms. The summed E-state index contributed by atoms with van der Waals surface area (Å²) in [5.41, 5.74) is 1.42. The highest BCUT2D eigenvalue weighted by Gasteiger charge is 2.46. The van der Waals surface area contributed by atoms with Crippen LogP contribution in [0.4, 0.5) is 8.78 Å². The van der Waals surface area contributed by atoms with Crippen molar-refractivity contribution in [2.24, 2.45) is 5.92 Å². The standard InChI is InChI=1S/C15H14F2O3/c1-19-11-3-4-13-10(7-11)6-9-2-5-14(16)15(17,18)12(9)8-20-13/h2-5,7,12,18H,6,8H2,1H3. The van der Waals surface area contributed by atoms with Crippen LogP contribution in [0.5, 0.6) is 11.5 Å². The van der Waals surface area contributed by atoms with Crippen LogP contribution >= 0.6 is 0 Å². The quantitative estimate of drug-likeness (QED) is 0.859. The second-order valence-corrected chi connectivity index (χ2v) is 4.94. The van der Waals surface area contributed by atoms with E-state index in [1.54, 1.807) is 25.3 Å². The summed E-state index contributed by atoms with van der Waals surface area (Å²) in [5, 5.41) is 9.69. The van der Waals surface area contributed by atoms with Crippen LogP contribution in [0.2, 0.25) is 0 Å². The molecule has 0 fully saturated rings. The zero-order valence-electron chi connectivity index (χ0n) is 10.9. The molecule has 1 aliphatic carbocycles. The molecule has 0 saturated carbocycles. The zero-order valence-corrected chi connectivity index (χ0v) is 10.9. The maximum atomic E-state index is 14.1. The van der Waals surface area contributed by atoms with E-state index in [0.717, 1.165) is 11.6 Å². The summed E-state index contributed by atoms with van der Waals surface area (Å²) in [5.74, 6) is -3.96. The molecular formula is C15H14F2O3. The molecule has 1 heterocycles. The van der Waals surface area contributed by atoms with Gasteiger partial charge in [0.05, 0.1) is 13.0 Å². The molecule has 0 spiro atoms. The van der Waals surface area contributed by atoms with Gasteiger partial charge in [-0.3, -0.25) is 0 Å².